The third-order valence-electron chi connectivity index (χ3n) is 3.15. The number of aromatic nitrogens is 2. The molecule has 0 radical (unpaired) electrons. The van der Waals surface area contributed by atoms with Gasteiger partial charge in [-0.05, 0) is 25.8 Å². The molecule has 18 heavy (non-hydrogen) atoms. The maximum absolute atomic E-state index is 12.0. The van der Waals surface area contributed by atoms with Crippen LogP contribution in [0.15, 0.2) is 12.3 Å². The van der Waals surface area contributed by atoms with Gasteiger partial charge in [0.15, 0.2) is 0 Å². The van der Waals surface area contributed by atoms with Crippen LogP contribution in [0.5, 0.6) is 0 Å². The number of urea groups is 1. The fourth-order valence-corrected chi connectivity index (χ4v) is 2.16. The van der Waals surface area contributed by atoms with Crippen LogP contribution in [0.1, 0.15) is 37.2 Å². The quantitative estimate of drug-likeness (QED) is 0.869. The lowest BCUT2D eigenvalue weighted by Gasteiger charge is -2.20. The fourth-order valence-electron chi connectivity index (χ4n) is 2.16. The highest BCUT2D eigenvalue weighted by atomic mass is 16.2. The monoisotopic (exact) mass is 248 g/mol. The molecule has 1 aromatic rings. The van der Waals surface area contributed by atoms with Gasteiger partial charge in [-0.2, -0.15) is 0 Å². The summed E-state index contributed by atoms with van der Waals surface area (Å²) < 4.78 is 0. The van der Waals surface area contributed by atoms with Crippen molar-refractivity contribution in [2.45, 2.75) is 39.2 Å². The molecule has 1 saturated heterocycles. The van der Waals surface area contributed by atoms with Crippen molar-refractivity contribution in [1.29, 1.82) is 0 Å². The molecule has 1 N–H and O–H groups in total. The van der Waals surface area contributed by atoms with Gasteiger partial charge in [0.25, 0.3) is 0 Å². The van der Waals surface area contributed by atoms with Gasteiger partial charge in [-0.3, -0.25) is 0 Å². The minimum atomic E-state index is 0.0214. The van der Waals surface area contributed by atoms with Crippen molar-refractivity contribution in [3.05, 3.63) is 23.8 Å². The van der Waals surface area contributed by atoms with Crippen molar-refractivity contribution < 1.29 is 4.79 Å². The molecule has 1 aliphatic rings. The lowest BCUT2D eigenvalue weighted by Crippen LogP contribution is -2.40. The van der Waals surface area contributed by atoms with E-state index < -0.39 is 0 Å². The average Bonchev–Trinajstić information content (AvgIpc) is 2.65. The third-order valence-corrected chi connectivity index (χ3v) is 3.15. The summed E-state index contributed by atoms with van der Waals surface area (Å²) in [5, 5.41) is 2.92. The molecule has 0 bridgehead atoms. The Labute approximate surface area is 108 Å². The van der Waals surface area contributed by atoms with Crippen molar-refractivity contribution in [2.24, 2.45) is 0 Å². The van der Waals surface area contributed by atoms with Crippen molar-refractivity contribution in [3.63, 3.8) is 0 Å². The van der Waals surface area contributed by atoms with Gasteiger partial charge in [0.1, 0.15) is 5.82 Å². The number of hydrogen-bond acceptors (Lipinski definition) is 3. The first-order chi connectivity index (χ1) is 8.75. The topological polar surface area (TPSA) is 58.1 Å². The summed E-state index contributed by atoms with van der Waals surface area (Å²) in [5.74, 6) is 0.733. The normalized spacial score (nSPS) is 16.2. The zero-order valence-electron chi connectivity index (χ0n) is 10.9. The predicted octanol–water partition coefficient (Wildman–Crippen LogP) is 1.87. The molecule has 1 fully saturated rings. The van der Waals surface area contributed by atoms with Crippen molar-refractivity contribution >= 4 is 6.03 Å². The third kappa shape index (κ3) is 3.68. The molecule has 0 aromatic carbocycles. The number of rotatable bonds is 2. The highest BCUT2D eigenvalue weighted by Gasteiger charge is 2.14. The average molecular weight is 248 g/mol. The number of hydrogen-bond donors (Lipinski definition) is 1. The predicted molar refractivity (Wildman–Crippen MR) is 69.0 cm³/mol. The van der Waals surface area contributed by atoms with Gasteiger partial charge >= 0.3 is 6.03 Å². The van der Waals surface area contributed by atoms with Crippen LogP contribution in [-0.2, 0) is 6.54 Å². The largest absolute Gasteiger partial charge is 0.332 e. The lowest BCUT2D eigenvalue weighted by molar-refractivity contribution is 0.199. The van der Waals surface area contributed by atoms with Crippen molar-refractivity contribution in [2.75, 3.05) is 13.1 Å². The second-order valence-corrected chi connectivity index (χ2v) is 4.66. The molecule has 0 atom stereocenters. The van der Waals surface area contributed by atoms with E-state index in [-0.39, 0.29) is 6.03 Å². The second-order valence-electron chi connectivity index (χ2n) is 4.66. The van der Waals surface area contributed by atoms with Crippen LogP contribution in [0, 0.1) is 6.92 Å². The van der Waals surface area contributed by atoms with E-state index in [0.29, 0.717) is 6.54 Å². The number of nitrogens with zero attached hydrogens (tertiary/aromatic N) is 3. The second kappa shape index (κ2) is 6.33. The van der Waals surface area contributed by atoms with Crippen molar-refractivity contribution in [1.82, 2.24) is 20.2 Å². The number of nitrogens with one attached hydrogen (secondary N) is 1. The molecular formula is C13H20N4O. The summed E-state index contributed by atoms with van der Waals surface area (Å²) in [4.78, 5) is 22.2. The van der Waals surface area contributed by atoms with Gasteiger partial charge in [-0.15, -0.1) is 0 Å². The Bertz CT molecular complexity index is 400. The number of aryl methyl sites for hydroxylation is 1. The van der Waals surface area contributed by atoms with E-state index in [1.807, 2.05) is 17.9 Å². The smallest absolute Gasteiger partial charge is 0.317 e. The van der Waals surface area contributed by atoms with Crippen LogP contribution in [0.2, 0.25) is 0 Å². The Hall–Kier alpha value is -1.65. The van der Waals surface area contributed by atoms with Crippen LogP contribution in [0.3, 0.4) is 0 Å². The lowest BCUT2D eigenvalue weighted by atomic mass is 10.2. The molecule has 5 nitrogen and oxygen atoms in total. The van der Waals surface area contributed by atoms with Gasteiger partial charge in [-0.25, -0.2) is 14.8 Å². The minimum Gasteiger partial charge on any atom is -0.332 e. The highest BCUT2D eigenvalue weighted by Crippen LogP contribution is 2.09. The Morgan fingerprint density at radius 1 is 1.33 bits per heavy atom. The fraction of sp³-hybridized carbons (Fsp3) is 0.615. The maximum Gasteiger partial charge on any atom is 0.317 e. The summed E-state index contributed by atoms with van der Waals surface area (Å²) in [7, 11) is 0. The van der Waals surface area contributed by atoms with E-state index in [9.17, 15) is 4.79 Å². The molecule has 0 aliphatic carbocycles. The molecule has 0 saturated carbocycles. The van der Waals surface area contributed by atoms with Gasteiger partial charge in [0, 0.05) is 19.3 Å². The molecule has 0 spiro atoms. The molecule has 98 valence electrons. The Balaban J connectivity index is 1.83. The SMILES string of the molecule is Cc1nccc(CNC(=O)N2CCCCCC2)n1. The van der Waals surface area contributed by atoms with Crippen LogP contribution in [0.25, 0.3) is 0 Å². The molecule has 2 heterocycles. The standard InChI is InChI=1S/C13H20N4O/c1-11-14-7-6-12(16-11)10-15-13(18)17-8-4-2-3-5-9-17/h6-7H,2-5,8-10H2,1H3,(H,15,18). The maximum atomic E-state index is 12.0. The molecule has 2 rings (SSSR count). The van der Waals surface area contributed by atoms with E-state index in [1.54, 1.807) is 6.20 Å². The number of carbonyl (C=O) groups is 1. The van der Waals surface area contributed by atoms with E-state index in [2.05, 4.69) is 15.3 Å². The minimum absolute atomic E-state index is 0.0214. The highest BCUT2D eigenvalue weighted by molar-refractivity contribution is 5.74. The van der Waals surface area contributed by atoms with Crippen LogP contribution >= 0.6 is 0 Å². The Morgan fingerprint density at radius 2 is 2.06 bits per heavy atom. The van der Waals surface area contributed by atoms with Crippen LogP contribution < -0.4 is 5.32 Å². The van der Waals surface area contributed by atoms with Gasteiger partial charge in [-0.1, -0.05) is 12.8 Å². The summed E-state index contributed by atoms with van der Waals surface area (Å²) >= 11 is 0. The molecule has 1 aromatic heterocycles. The Morgan fingerprint density at radius 3 is 2.72 bits per heavy atom. The van der Waals surface area contributed by atoms with E-state index in [4.69, 9.17) is 0 Å². The molecule has 2 amide bonds. The zero-order valence-corrected chi connectivity index (χ0v) is 10.9. The molecule has 5 heteroatoms. The molecular weight excluding hydrogens is 228 g/mol. The zero-order chi connectivity index (χ0) is 12.8. The van der Waals surface area contributed by atoms with Crippen LogP contribution in [-0.4, -0.2) is 34.0 Å². The van der Waals surface area contributed by atoms with E-state index >= 15 is 0 Å². The molecule has 1 aliphatic heterocycles. The summed E-state index contributed by atoms with van der Waals surface area (Å²) in [6.07, 6.45) is 6.40. The number of likely N-dealkylation sites (tertiary alicyclic amines) is 1. The van der Waals surface area contributed by atoms with Crippen molar-refractivity contribution in [3.8, 4) is 0 Å². The van der Waals surface area contributed by atoms with Gasteiger partial charge < -0.3 is 10.2 Å². The van der Waals surface area contributed by atoms with E-state index in [0.717, 1.165) is 37.4 Å². The first kappa shape index (κ1) is 12.8. The van der Waals surface area contributed by atoms with Gasteiger partial charge in [0.05, 0.1) is 12.2 Å². The Kier molecular flexibility index (Phi) is 4.50. The van der Waals surface area contributed by atoms with Crippen LogP contribution in [0.4, 0.5) is 4.79 Å². The molecule has 0 unspecified atom stereocenters. The van der Waals surface area contributed by atoms with Gasteiger partial charge in [0.2, 0.25) is 0 Å². The number of carbonyl (C=O) groups excluding carboxylic acids is 1. The first-order valence-electron chi connectivity index (χ1n) is 6.57. The number of amides is 2. The summed E-state index contributed by atoms with van der Waals surface area (Å²) in [6.45, 7) is 4.06. The summed E-state index contributed by atoms with van der Waals surface area (Å²) in [5.41, 5.74) is 0.852. The summed E-state index contributed by atoms with van der Waals surface area (Å²) in [6, 6.07) is 1.85. The van der Waals surface area contributed by atoms with E-state index in [1.165, 1.54) is 12.8 Å². The first-order valence-corrected chi connectivity index (χ1v) is 6.57.